The maximum atomic E-state index is 11.1. The maximum Gasteiger partial charge on any atom is 0.299 e. The van der Waals surface area contributed by atoms with Gasteiger partial charge in [0, 0.05) is 19.2 Å². The summed E-state index contributed by atoms with van der Waals surface area (Å²) in [6.07, 6.45) is 0. The van der Waals surface area contributed by atoms with Crippen LogP contribution in [0, 0.1) is 20.2 Å². The van der Waals surface area contributed by atoms with E-state index in [0.717, 1.165) is 12.6 Å². The average molecular weight is 460 g/mol. The van der Waals surface area contributed by atoms with Crippen molar-refractivity contribution in [3.63, 3.8) is 0 Å². The number of nitrogens with zero attached hydrogens (tertiary/aromatic N) is 2. The Hall–Kier alpha value is -2.42. The van der Waals surface area contributed by atoms with Crippen LogP contribution < -0.4 is 10.6 Å². The first-order chi connectivity index (χ1) is 15.6. The lowest BCUT2D eigenvalue weighted by atomic mass is 10.2. The molecule has 0 aliphatic rings. The van der Waals surface area contributed by atoms with Crippen molar-refractivity contribution in [1.82, 2.24) is 5.32 Å². The van der Waals surface area contributed by atoms with Crippen molar-refractivity contribution >= 4 is 17.1 Å². The minimum Gasteiger partial charge on any atom is -0.378 e. The molecule has 0 aliphatic carbocycles. The van der Waals surface area contributed by atoms with Crippen molar-refractivity contribution in [3.05, 3.63) is 38.4 Å². The molecular weight excluding hydrogens is 428 g/mol. The molecule has 0 saturated carbocycles. The van der Waals surface area contributed by atoms with Crippen LogP contribution in [0.4, 0.5) is 17.1 Å². The van der Waals surface area contributed by atoms with Crippen molar-refractivity contribution < 1.29 is 33.5 Å². The highest BCUT2D eigenvalue weighted by atomic mass is 16.6. The number of nitrogens with one attached hydrogen (secondary N) is 2. The fourth-order valence-corrected chi connectivity index (χ4v) is 2.35. The lowest BCUT2D eigenvalue weighted by molar-refractivity contribution is -0.393. The maximum absolute atomic E-state index is 11.1. The van der Waals surface area contributed by atoms with Gasteiger partial charge in [-0.3, -0.25) is 20.2 Å². The van der Waals surface area contributed by atoms with E-state index in [9.17, 15) is 20.2 Å². The molecule has 13 nitrogen and oxygen atoms in total. The average Bonchev–Trinajstić information content (AvgIpc) is 2.78. The van der Waals surface area contributed by atoms with Crippen molar-refractivity contribution in [2.24, 2.45) is 0 Å². The molecule has 1 rings (SSSR count). The Morgan fingerprint density at radius 3 is 1.62 bits per heavy atom. The standard InChI is InChI=1S/C19H32N4O9/c1-20-4-6-28-8-10-30-12-14-32-15-13-31-11-9-29-7-5-21-18-3-2-17(22(24)25)16-19(18)23(26)27/h2-3,16,20-21H,4-15H2,1H3. The summed E-state index contributed by atoms with van der Waals surface area (Å²) in [5.41, 5.74) is -0.494. The largest absolute Gasteiger partial charge is 0.378 e. The molecule has 0 bridgehead atoms. The molecule has 182 valence electrons. The summed E-state index contributed by atoms with van der Waals surface area (Å²) in [6, 6.07) is 3.44. The summed E-state index contributed by atoms with van der Waals surface area (Å²) in [5.74, 6) is 0. The zero-order valence-electron chi connectivity index (χ0n) is 18.3. The van der Waals surface area contributed by atoms with Crippen LogP contribution in [0.1, 0.15) is 0 Å². The van der Waals surface area contributed by atoms with E-state index in [2.05, 4.69) is 10.6 Å². The summed E-state index contributed by atoms with van der Waals surface area (Å²) in [5, 5.41) is 27.6. The number of rotatable bonds is 21. The predicted octanol–water partition coefficient (Wildman–Crippen LogP) is 1.22. The topological polar surface area (TPSA) is 156 Å². The zero-order chi connectivity index (χ0) is 23.4. The van der Waals surface area contributed by atoms with Gasteiger partial charge in [0.25, 0.3) is 11.4 Å². The van der Waals surface area contributed by atoms with Crippen molar-refractivity contribution in [2.45, 2.75) is 0 Å². The second-order valence-electron chi connectivity index (χ2n) is 6.31. The van der Waals surface area contributed by atoms with E-state index in [0.29, 0.717) is 72.6 Å². The van der Waals surface area contributed by atoms with Crippen LogP contribution in [0.2, 0.25) is 0 Å². The van der Waals surface area contributed by atoms with E-state index in [1.54, 1.807) is 0 Å². The third-order valence-electron chi connectivity index (χ3n) is 3.94. The molecule has 2 N–H and O–H groups in total. The molecular formula is C19H32N4O9. The Balaban J connectivity index is 1.94. The zero-order valence-corrected chi connectivity index (χ0v) is 18.3. The van der Waals surface area contributed by atoms with Gasteiger partial charge in [0.05, 0.1) is 82.0 Å². The predicted molar refractivity (Wildman–Crippen MR) is 116 cm³/mol. The second kappa shape index (κ2) is 18.2. The SMILES string of the molecule is CNCCOCCOCCOCCOCCOCCNc1ccc([N+](=O)[O-])cc1[N+](=O)[O-]. The van der Waals surface area contributed by atoms with Crippen LogP contribution in [0.15, 0.2) is 18.2 Å². The molecule has 0 aromatic heterocycles. The van der Waals surface area contributed by atoms with Gasteiger partial charge in [-0.25, -0.2) is 0 Å². The van der Waals surface area contributed by atoms with Gasteiger partial charge in [0.1, 0.15) is 5.69 Å². The van der Waals surface area contributed by atoms with Crippen LogP contribution in [0.3, 0.4) is 0 Å². The van der Waals surface area contributed by atoms with Crippen LogP contribution in [-0.2, 0) is 23.7 Å². The van der Waals surface area contributed by atoms with Crippen LogP contribution in [0.25, 0.3) is 0 Å². The highest BCUT2D eigenvalue weighted by Gasteiger charge is 2.18. The van der Waals surface area contributed by atoms with E-state index < -0.39 is 9.85 Å². The number of nitro benzene ring substituents is 2. The second-order valence-corrected chi connectivity index (χ2v) is 6.31. The Labute approximate surface area is 186 Å². The normalized spacial score (nSPS) is 10.9. The first-order valence-corrected chi connectivity index (χ1v) is 10.3. The summed E-state index contributed by atoms with van der Waals surface area (Å²) in [4.78, 5) is 20.4. The Kier molecular flexibility index (Phi) is 15.7. The van der Waals surface area contributed by atoms with Crippen molar-refractivity contribution in [3.8, 4) is 0 Å². The van der Waals surface area contributed by atoms with Gasteiger partial charge in [-0.2, -0.15) is 0 Å². The molecule has 1 aromatic rings. The smallest absolute Gasteiger partial charge is 0.299 e. The minimum absolute atomic E-state index is 0.197. The van der Waals surface area contributed by atoms with Crippen molar-refractivity contribution in [1.29, 1.82) is 0 Å². The molecule has 1 aromatic carbocycles. The number of anilines is 1. The fraction of sp³-hybridized carbons (Fsp3) is 0.684. The van der Waals surface area contributed by atoms with Gasteiger partial charge in [0.15, 0.2) is 0 Å². The number of benzene rings is 1. The number of hydrogen-bond acceptors (Lipinski definition) is 11. The number of ether oxygens (including phenoxy) is 5. The molecule has 0 amide bonds. The Morgan fingerprint density at radius 2 is 1.19 bits per heavy atom. The molecule has 0 saturated heterocycles. The van der Waals surface area contributed by atoms with E-state index in [-0.39, 0.29) is 17.1 Å². The molecule has 0 fully saturated rings. The summed E-state index contributed by atoms with van der Waals surface area (Å²) in [6.45, 7) is 5.80. The molecule has 0 atom stereocenters. The van der Waals surface area contributed by atoms with E-state index >= 15 is 0 Å². The highest BCUT2D eigenvalue weighted by Crippen LogP contribution is 2.28. The monoisotopic (exact) mass is 460 g/mol. The number of non-ortho nitro benzene ring substituents is 1. The van der Waals surface area contributed by atoms with Gasteiger partial charge in [-0.15, -0.1) is 0 Å². The van der Waals surface area contributed by atoms with Gasteiger partial charge in [-0.05, 0) is 13.1 Å². The van der Waals surface area contributed by atoms with Crippen LogP contribution in [-0.4, -0.2) is 96.1 Å². The quantitative estimate of drug-likeness (QED) is 0.154. The Morgan fingerprint density at radius 1 is 0.719 bits per heavy atom. The van der Waals surface area contributed by atoms with Crippen LogP contribution >= 0.6 is 0 Å². The molecule has 0 spiro atoms. The summed E-state index contributed by atoms with van der Waals surface area (Å²) in [7, 11) is 1.87. The number of hydrogen-bond donors (Lipinski definition) is 2. The molecule has 0 aliphatic heterocycles. The highest BCUT2D eigenvalue weighted by molar-refractivity contribution is 5.65. The number of nitro groups is 2. The first kappa shape index (κ1) is 27.6. The molecule has 0 radical (unpaired) electrons. The summed E-state index contributed by atoms with van der Waals surface area (Å²) < 4.78 is 26.8. The number of likely N-dealkylation sites (N-methyl/N-ethyl adjacent to an activating group) is 1. The molecule has 13 heteroatoms. The first-order valence-electron chi connectivity index (χ1n) is 10.3. The van der Waals surface area contributed by atoms with Gasteiger partial charge in [0.2, 0.25) is 0 Å². The van der Waals surface area contributed by atoms with Crippen molar-refractivity contribution in [2.75, 3.05) is 91.5 Å². The summed E-state index contributed by atoms with van der Waals surface area (Å²) >= 11 is 0. The Bertz CT molecular complexity index is 664. The molecule has 0 unspecified atom stereocenters. The van der Waals surface area contributed by atoms with Gasteiger partial charge >= 0.3 is 0 Å². The fourth-order valence-electron chi connectivity index (χ4n) is 2.35. The van der Waals surface area contributed by atoms with E-state index in [1.165, 1.54) is 12.1 Å². The minimum atomic E-state index is -0.678. The molecule has 32 heavy (non-hydrogen) atoms. The van der Waals surface area contributed by atoms with Gasteiger partial charge < -0.3 is 34.3 Å². The lowest BCUT2D eigenvalue weighted by Gasteiger charge is -2.09. The lowest BCUT2D eigenvalue weighted by Crippen LogP contribution is -2.17. The van der Waals surface area contributed by atoms with Crippen LogP contribution in [0.5, 0.6) is 0 Å². The van der Waals surface area contributed by atoms with E-state index in [1.807, 2.05) is 7.05 Å². The van der Waals surface area contributed by atoms with E-state index in [4.69, 9.17) is 23.7 Å². The third-order valence-corrected chi connectivity index (χ3v) is 3.94. The third kappa shape index (κ3) is 13.1. The van der Waals surface area contributed by atoms with Gasteiger partial charge in [-0.1, -0.05) is 0 Å². The molecule has 0 heterocycles.